The van der Waals surface area contributed by atoms with Crippen molar-refractivity contribution in [2.45, 2.75) is 63.6 Å². The number of hydrogen-bond donors (Lipinski definition) is 1. The van der Waals surface area contributed by atoms with Crippen molar-refractivity contribution in [2.24, 2.45) is 11.7 Å². The molecule has 2 atom stereocenters. The van der Waals surface area contributed by atoms with E-state index in [-0.39, 0.29) is 0 Å². The van der Waals surface area contributed by atoms with Crippen LogP contribution in [0.4, 0.5) is 0 Å². The lowest BCUT2D eigenvalue weighted by Gasteiger charge is -2.30. The molecule has 2 rings (SSSR count). The molecular weight excluding hydrogens is 174 g/mol. The summed E-state index contributed by atoms with van der Waals surface area (Å²) in [5, 5.41) is 0. The van der Waals surface area contributed by atoms with Gasteiger partial charge in [-0.1, -0.05) is 19.3 Å². The zero-order chi connectivity index (χ0) is 9.80. The average Bonchev–Trinajstić information content (AvgIpc) is 2.71. The number of ether oxygens (including phenoxy) is 1. The van der Waals surface area contributed by atoms with Crippen LogP contribution in [-0.2, 0) is 4.74 Å². The van der Waals surface area contributed by atoms with Crippen molar-refractivity contribution >= 4 is 0 Å². The van der Waals surface area contributed by atoms with E-state index in [0.29, 0.717) is 12.2 Å². The Labute approximate surface area is 87.2 Å². The summed E-state index contributed by atoms with van der Waals surface area (Å²) in [5.74, 6) is 0.732. The second-order valence-electron chi connectivity index (χ2n) is 4.93. The molecule has 0 spiro atoms. The van der Waals surface area contributed by atoms with Crippen LogP contribution in [0.3, 0.4) is 0 Å². The molecule has 0 heterocycles. The zero-order valence-corrected chi connectivity index (χ0v) is 9.08. The zero-order valence-electron chi connectivity index (χ0n) is 9.08. The van der Waals surface area contributed by atoms with E-state index in [2.05, 4.69) is 0 Å². The van der Waals surface area contributed by atoms with Crippen molar-refractivity contribution < 1.29 is 4.74 Å². The molecule has 2 saturated carbocycles. The van der Waals surface area contributed by atoms with Gasteiger partial charge in [0.1, 0.15) is 0 Å². The summed E-state index contributed by atoms with van der Waals surface area (Å²) in [6.07, 6.45) is 11.6. The van der Waals surface area contributed by atoms with Gasteiger partial charge in [0.25, 0.3) is 0 Å². The minimum absolute atomic E-state index is 0.528. The monoisotopic (exact) mass is 197 g/mol. The first kappa shape index (κ1) is 10.4. The van der Waals surface area contributed by atoms with Crippen LogP contribution in [0.15, 0.2) is 0 Å². The molecule has 14 heavy (non-hydrogen) atoms. The third-order valence-corrected chi connectivity index (χ3v) is 3.76. The van der Waals surface area contributed by atoms with E-state index >= 15 is 0 Å². The van der Waals surface area contributed by atoms with Gasteiger partial charge in [0.05, 0.1) is 12.2 Å². The first-order valence-corrected chi connectivity index (χ1v) is 6.24. The predicted octanol–water partition coefficient (Wildman–Crippen LogP) is 2.46. The molecule has 0 aromatic heterocycles. The van der Waals surface area contributed by atoms with Gasteiger partial charge in [-0.3, -0.25) is 0 Å². The first-order chi connectivity index (χ1) is 6.88. The van der Waals surface area contributed by atoms with E-state index in [9.17, 15) is 0 Å². The molecule has 0 amide bonds. The summed E-state index contributed by atoms with van der Waals surface area (Å²) < 4.78 is 6.13. The van der Waals surface area contributed by atoms with Crippen LogP contribution in [0.2, 0.25) is 0 Å². The predicted molar refractivity (Wildman–Crippen MR) is 58.1 cm³/mol. The van der Waals surface area contributed by atoms with Crippen molar-refractivity contribution in [3.63, 3.8) is 0 Å². The Bertz CT molecular complexity index is 166. The molecule has 0 bridgehead atoms. The summed E-state index contributed by atoms with van der Waals surface area (Å²) in [6.45, 7) is 0.852. The Balaban J connectivity index is 1.73. The van der Waals surface area contributed by atoms with E-state index in [1.165, 1.54) is 51.4 Å². The van der Waals surface area contributed by atoms with Crippen LogP contribution >= 0.6 is 0 Å². The minimum atomic E-state index is 0.528. The van der Waals surface area contributed by atoms with Crippen molar-refractivity contribution in [1.29, 1.82) is 0 Å². The van der Waals surface area contributed by atoms with E-state index in [1.54, 1.807) is 0 Å². The summed E-state index contributed by atoms with van der Waals surface area (Å²) in [6, 6.07) is 0. The maximum Gasteiger partial charge on any atom is 0.0582 e. The van der Waals surface area contributed by atoms with Gasteiger partial charge in [0.2, 0.25) is 0 Å². The molecule has 0 radical (unpaired) electrons. The fraction of sp³-hybridized carbons (Fsp3) is 1.00. The van der Waals surface area contributed by atoms with Crippen LogP contribution in [-0.4, -0.2) is 18.8 Å². The topological polar surface area (TPSA) is 35.2 Å². The highest BCUT2D eigenvalue weighted by molar-refractivity contribution is 4.76. The molecule has 2 aliphatic carbocycles. The summed E-state index contributed by atoms with van der Waals surface area (Å²) in [4.78, 5) is 0. The SMILES string of the molecule is NCC1CCCC(OC2CCCC2)C1. The van der Waals surface area contributed by atoms with Crippen molar-refractivity contribution in [2.75, 3.05) is 6.54 Å². The molecule has 0 saturated heterocycles. The molecule has 2 heteroatoms. The summed E-state index contributed by atoms with van der Waals surface area (Å²) in [7, 11) is 0. The lowest BCUT2D eigenvalue weighted by Crippen LogP contribution is -2.29. The van der Waals surface area contributed by atoms with E-state index < -0.39 is 0 Å². The first-order valence-electron chi connectivity index (χ1n) is 6.24. The van der Waals surface area contributed by atoms with Gasteiger partial charge >= 0.3 is 0 Å². The Hall–Kier alpha value is -0.0800. The Morgan fingerprint density at radius 1 is 0.929 bits per heavy atom. The Morgan fingerprint density at radius 2 is 1.64 bits per heavy atom. The van der Waals surface area contributed by atoms with E-state index in [4.69, 9.17) is 10.5 Å². The Morgan fingerprint density at radius 3 is 2.36 bits per heavy atom. The third-order valence-electron chi connectivity index (χ3n) is 3.76. The number of rotatable bonds is 3. The molecule has 2 fully saturated rings. The highest BCUT2D eigenvalue weighted by Crippen LogP contribution is 2.30. The van der Waals surface area contributed by atoms with Gasteiger partial charge in [-0.15, -0.1) is 0 Å². The van der Waals surface area contributed by atoms with Gasteiger partial charge in [-0.2, -0.15) is 0 Å². The Kier molecular flexibility index (Phi) is 3.82. The fourth-order valence-electron chi connectivity index (χ4n) is 2.88. The maximum absolute atomic E-state index is 6.13. The van der Waals surface area contributed by atoms with Gasteiger partial charge < -0.3 is 10.5 Å². The molecular formula is C12H23NO. The van der Waals surface area contributed by atoms with Gasteiger partial charge in [0, 0.05) is 0 Å². The number of hydrogen-bond acceptors (Lipinski definition) is 2. The van der Waals surface area contributed by atoms with Gasteiger partial charge in [-0.05, 0) is 44.6 Å². The molecule has 2 aliphatic rings. The second kappa shape index (κ2) is 5.13. The highest BCUT2D eigenvalue weighted by atomic mass is 16.5. The highest BCUT2D eigenvalue weighted by Gasteiger charge is 2.25. The lowest BCUT2D eigenvalue weighted by atomic mass is 9.87. The average molecular weight is 197 g/mol. The molecule has 0 aliphatic heterocycles. The maximum atomic E-state index is 6.13. The van der Waals surface area contributed by atoms with Crippen molar-refractivity contribution in [3.05, 3.63) is 0 Å². The molecule has 2 unspecified atom stereocenters. The molecule has 2 N–H and O–H groups in total. The quantitative estimate of drug-likeness (QED) is 0.754. The van der Waals surface area contributed by atoms with Crippen LogP contribution < -0.4 is 5.73 Å². The van der Waals surface area contributed by atoms with Crippen molar-refractivity contribution in [3.8, 4) is 0 Å². The van der Waals surface area contributed by atoms with Gasteiger partial charge in [0.15, 0.2) is 0 Å². The summed E-state index contributed by atoms with van der Waals surface area (Å²) >= 11 is 0. The van der Waals surface area contributed by atoms with Crippen LogP contribution in [0.1, 0.15) is 51.4 Å². The fourth-order valence-corrected chi connectivity index (χ4v) is 2.88. The third kappa shape index (κ3) is 2.71. The molecule has 0 aromatic rings. The lowest BCUT2D eigenvalue weighted by molar-refractivity contribution is -0.0358. The van der Waals surface area contributed by atoms with Gasteiger partial charge in [-0.25, -0.2) is 0 Å². The largest absolute Gasteiger partial charge is 0.375 e. The van der Waals surface area contributed by atoms with Crippen LogP contribution in [0.5, 0.6) is 0 Å². The smallest absolute Gasteiger partial charge is 0.0582 e. The molecule has 0 aromatic carbocycles. The van der Waals surface area contributed by atoms with Crippen LogP contribution in [0.25, 0.3) is 0 Å². The molecule has 2 nitrogen and oxygen atoms in total. The normalized spacial score (nSPS) is 34.9. The van der Waals surface area contributed by atoms with Crippen LogP contribution in [0, 0.1) is 5.92 Å². The molecule has 82 valence electrons. The standard InChI is InChI=1S/C12H23NO/c13-9-10-4-3-7-12(8-10)14-11-5-1-2-6-11/h10-12H,1-9,13H2. The summed E-state index contributed by atoms with van der Waals surface area (Å²) in [5.41, 5.74) is 5.72. The minimum Gasteiger partial charge on any atom is -0.375 e. The van der Waals surface area contributed by atoms with Crippen molar-refractivity contribution in [1.82, 2.24) is 0 Å². The van der Waals surface area contributed by atoms with E-state index in [1.807, 2.05) is 0 Å². The second-order valence-corrected chi connectivity index (χ2v) is 4.93. The number of nitrogens with two attached hydrogens (primary N) is 1. The van der Waals surface area contributed by atoms with E-state index in [0.717, 1.165) is 12.5 Å².